The van der Waals surface area contributed by atoms with E-state index in [2.05, 4.69) is 11.6 Å². The van der Waals surface area contributed by atoms with Crippen molar-refractivity contribution in [3.8, 4) is 0 Å². The minimum Gasteiger partial charge on any atom is -0.398 e. The van der Waals surface area contributed by atoms with Crippen LogP contribution in [-0.2, 0) is 0 Å². The lowest BCUT2D eigenvalue weighted by molar-refractivity contribution is 1.29. The molecule has 1 aromatic heterocycles. The van der Waals surface area contributed by atoms with Crippen LogP contribution in [0.15, 0.2) is 31.1 Å². The molecular formula is C10H12N2. The van der Waals surface area contributed by atoms with Gasteiger partial charge in [0.25, 0.3) is 0 Å². The number of nitrogens with zero attached hydrogens (tertiary/aromatic N) is 1. The third-order valence-corrected chi connectivity index (χ3v) is 1.69. The van der Waals surface area contributed by atoms with Gasteiger partial charge in [0.05, 0.1) is 0 Å². The summed E-state index contributed by atoms with van der Waals surface area (Å²) in [7, 11) is 0. The molecule has 1 heterocycles. The Morgan fingerprint density at radius 1 is 1.67 bits per heavy atom. The largest absolute Gasteiger partial charge is 0.398 e. The Morgan fingerprint density at radius 2 is 2.42 bits per heavy atom. The highest BCUT2D eigenvalue weighted by Gasteiger charge is 1.99. The number of pyridine rings is 1. The minimum atomic E-state index is 0.757. The van der Waals surface area contributed by atoms with E-state index in [0.717, 1.165) is 16.8 Å². The van der Waals surface area contributed by atoms with Crippen molar-refractivity contribution in [1.82, 2.24) is 4.98 Å². The smallest absolute Gasteiger partial charge is 0.0351 e. The van der Waals surface area contributed by atoms with Gasteiger partial charge in [-0.3, -0.25) is 4.98 Å². The lowest BCUT2D eigenvalue weighted by Crippen LogP contribution is -1.98. The maximum absolute atomic E-state index is 5.76. The molecule has 0 radical (unpaired) electrons. The molecule has 0 saturated carbocycles. The third kappa shape index (κ3) is 1.53. The zero-order chi connectivity index (χ0) is 8.97. The molecule has 0 atom stereocenters. The summed E-state index contributed by atoms with van der Waals surface area (Å²) >= 11 is 0. The Hall–Kier alpha value is -1.57. The molecule has 62 valence electrons. The van der Waals surface area contributed by atoms with Crippen molar-refractivity contribution in [2.45, 2.75) is 6.92 Å². The molecule has 0 aliphatic heterocycles. The van der Waals surface area contributed by atoms with Crippen LogP contribution in [0.5, 0.6) is 0 Å². The van der Waals surface area contributed by atoms with Crippen LogP contribution in [0.3, 0.4) is 0 Å². The van der Waals surface area contributed by atoms with Crippen LogP contribution < -0.4 is 5.73 Å². The van der Waals surface area contributed by atoms with Gasteiger partial charge in [-0.15, -0.1) is 0 Å². The number of rotatable bonds is 2. The highest BCUT2D eigenvalue weighted by Crippen LogP contribution is 2.14. The summed E-state index contributed by atoms with van der Waals surface area (Å²) in [6, 6.07) is 1.88. The second-order valence-corrected chi connectivity index (χ2v) is 2.41. The Labute approximate surface area is 72.4 Å². The number of aromatic nitrogens is 1. The lowest BCUT2D eigenvalue weighted by Gasteiger charge is -2.03. The second-order valence-electron chi connectivity index (χ2n) is 2.41. The van der Waals surface area contributed by atoms with Gasteiger partial charge in [-0.1, -0.05) is 18.7 Å². The van der Waals surface area contributed by atoms with Crippen LogP contribution in [0.4, 0.5) is 0 Å². The van der Waals surface area contributed by atoms with Gasteiger partial charge in [0.1, 0.15) is 0 Å². The summed E-state index contributed by atoms with van der Waals surface area (Å²) in [6.45, 7) is 5.59. The van der Waals surface area contributed by atoms with E-state index in [0.29, 0.717) is 0 Å². The van der Waals surface area contributed by atoms with Crippen LogP contribution in [0, 0.1) is 0 Å². The molecule has 2 nitrogen and oxygen atoms in total. The van der Waals surface area contributed by atoms with Crippen LogP contribution >= 0.6 is 0 Å². The monoisotopic (exact) mass is 160 g/mol. The fourth-order valence-corrected chi connectivity index (χ4v) is 0.988. The minimum absolute atomic E-state index is 0.757. The van der Waals surface area contributed by atoms with Crippen molar-refractivity contribution in [3.05, 3.63) is 42.2 Å². The number of hydrogen-bond acceptors (Lipinski definition) is 2. The highest BCUT2D eigenvalue weighted by atomic mass is 14.6. The van der Waals surface area contributed by atoms with Crippen molar-refractivity contribution < 1.29 is 0 Å². The van der Waals surface area contributed by atoms with Gasteiger partial charge < -0.3 is 5.73 Å². The Kier molecular flexibility index (Phi) is 2.64. The predicted octanol–water partition coefficient (Wildman–Crippen LogP) is 2.04. The first-order chi connectivity index (χ1) is 5.79. The maximum Gasteiger partial charge on any atom is 0.0351 e. The van der Waals surface area contributed by atoms with E-state index in [1.807, 2.05) is 19.1 Å². The summed E-state index contributed by atoms with van der Waals surface area (Å²) in [5.41, 5.74) is 8.47. The van der Waals surface area contributed by atoms with Gasteiger partial charge in [-0.2, -0.15) is 0 Å². The molecule has 0 spiro atoms. The molecular weight excluding hydrogens is 148 g/mol. The number of nitrogens with two attached hydrogens (primary N) is 1. The van der Waals surface area contributed by atoms with E-state index in [9.17, 15) is 0 Å². The fourth-order valence-electron chi connectivity index (χ4n) is 0.988. The van der Waals surface area contributed by atoms with Crippen molar-refractivity contribution in [3.63, 3.8) is 0 Å². The molecule has 1 aromatic rings. The average Bonchev–Trinajstić information content (AvgIpc) is 2.16. The Balaban J connectivity index is 3.22. The average molecular weight is 160 g/mol. The molecule has 12 heavy (non-hydrogen) atoms. The normalized spacial score (nSPS) is 11.2. The van der Waals surface area contributed by atoms with Gasteiger partial charge >= 0.3 is 0 Å². The lowest BCUT2D eigenvalue weighted by atomic mass is 10.1. The third-order valence-electron chi connectivity index (χ3n) is 1.69. The predicted molar refractivity (Wildman–Crippen MR) is 52.2 cm³/mol. The quantitative estimate of drug-likeness (QED) is 0.719. The summed E-state index contributed by atoms with van der Waals surface area (Å²) < 4.78 is 0. The molecule has 0 unspecified atom stereocenters. The SMILES string of the molecule is C=Cc1cnccc1/C(N)=C\C. The number of hydrogen-bond donors (Lipinski definition) is 1. The highest BCUT2D eigenvalue weighted by molar-refractivity contribution is 5.71. The summed E-state index contributed by atoms with van der Waals surface area (Å²) in [5.74, 6) is 0. The molecule has 0 aromatic carbocycles. The van der Waals surface area contributed by atoms with E-state index >= 15 is 0 Å². The first-order valence-corrected chi connectivity index (χ1v) is 3.78. The molecule has 1 rings (SSSR count). The van der Waals surface area contributed by atoms with Crippen LogP contribution in [0.2, 0.25) is 0 Å². The van der Waals surface area contributed by atoms with Gasteiger partial charge in [-0.05, 0) is 13.0 Å². The topological polar surface area (TPSA) is 38.9 Å². The molecule has 0 saturated heterocycles. The van der Waals surface area contributed by atoms with E-state index in [4.69, 9.17) is 5.73 Å². The van der Waals surface area contributed by atoms with Crippen LogP contribution in [0.1, 0.15) is 18.1 Å². The molecule has 2 heteroatoms. The zero-order valence-corrected chi connectivity index (χ0v) is 7.12. The van der Waals surface area contributed by atoms with E-state index < -0.39 is 0 Å². The Morgan fingerprint density at radius 3 is 3.00 bits per heavy atom. The van der Waals surface area contributed by atoms with Crippen molar-refractivity contribution in [1.29, 1.82) is 0 Å². The van der Waals surface area contributed by atoms with E-state index in [-0.39, 0.29) is 0 Å². The van der Waals surface area contributed by atoms with Crippen LogP contribution in [0.25, 0.3) is 11.8 Å². The molecule has 0 aliphatic carbocycles. The molecule has 0 bridgehead atoms. The molecule has 0 amide bonds. The van der Waals surface area contributed by atoms with Gasteiger partial charge in [0.15, 0.2) is 0 Å². The van der Waals surface area contributed by atoms with E-state index in [1.165, 1.54) is 0 Å². The van der Waals surface area contributed by atoms with Gasteiger partial charge in [0.2, 0.25) is 0 Å². The van der Waals surface area contributed by atoms with Crippen molar-refractivity contribution in [2.24, 2.45) is 5.73 Å². The Bertz CT molecular complexity index is 313. The first kappa shape index (κ1) is 8.53. The summed E-state index contributed by atoms with van der Waals surface area (Å²) in [4.78, 5) is 3.98. The summed E-state index contributed by atoms with van der Waals surface area (Å²) in [6.07, 6.45) is 7.08. The molecule has 2 N–H and O–H groups in total. The molecule has 0 aliphatic rings. The fraction of sp³-hybridized carbons (Fsp3) is 0.100. The van der Waals surface area contributed by atoms with Gasteiger partial charge in [-0.25, -0.2) is 0 Å². The van der Waals surface area contributed by atoms with Gasteiger partial charge in [0, 0.05) is 29.2 Å². The summed E-state index contributed by atoms with van der Waals surface area (Å²) in [5, 5.41) is 0. The van der Waals surface area contributed by atoms with E-state index in [1.54, 1.807) is 18.5 Å². The maximum atomic E-state index is 5.76. The van der Waals surface area contributed by atoms with Crippen molar-refractivity contribution in [2.75, 3.05) is 0 Å². The number of allylic oxidation sites excluding steroid dienone is 1. The first-order valence-electron chi connectivity index (χ1n) is 3.78. The molecule has 0 fully saturated rings. The second kappa shape index (κ2) is 3.72. The van der Waals surface area contributed by atoms with Crippen molar-refractivity contribution >= 4 is 11.8 Å². The standard InChI is InChI=1S/C10H12N2/c1-3-8-7-12-6-5-9(8)10(11)4-2/h3-7H,1,11H2,2H3/b10-4+. The van der Waals surface area contributed by atoms with Crippen LogP contribution in [-0.4, -0.2) is 4.98 Å². The zero-order valence-electron chi connectivity index (χ0n) is 7.12.